The molecule has 26 nitrogen and oxygen atoms in total. The summed E-state index contributed by atoms with van der Waals surface area (Å²) < 4.78 is 47.2. The Kier molecular flexibility index (Phi) is 50.0. The number of halogens is 3. The van der Waals surface area contributed by atoms with Crippen molar-refractivity contribution in [1.82, 2.24) is 59.3 Å². The van der Waals surface area contributed by atoms with E-state index in [2.05, 4.69) is 59.6 Å². The van der Waals surface area contributed by atoms with Crippen LogP contribution in [0.15, 0.2) is 168 Å². The molecule has 0 bridgehead atoms. The maximum Gasteiger partial charge on any atom is 0.263 e. The molecule has 146 heavy (non-hydrogen) atoms. The molecule has 1 aliphatic rings. The van der Waals surface area contributed by atoms with Crippen LogP contribution in [-0.2, 0) is 89.1 Å². The Bertz CT molecular complexity index is 6400. The van der Waals surface area contributed by atoms with E-state index >= 15 is 0 Å². The second-order valence-corrected chi connectivity index (χ2v) is 40.0. The zero-order chi connectivity index (χ0) is 109. The van der Waals surface area contributed by atoms with Crippen LogP contribution in [-0.4, -0.2) is 113 Å². The Morgan fingerprint density at radius 1 is 0.363 bits per heavy atom. The van der Waals surface area contributed by atoms with Crippen LogP contribution in [0.5, 0.6) is 5.75 Å². The van der Waals surface area contributed by atoms with Gasteiger partial charge in [0.05, 0.1) is 45.6 Å². The van der Waals surface area contributed by atoms with Gasteiger partial charge in [0.1, 0.15) is 50.8 Å². The molecule has 1 fully saturated rings. The van der Waals surface area contributed by atoms with Gasteiger partial charge in [0.25, 0.3) is 68.8 Å². The van der Waals surface area contributed by atoms with E-state index in [1.54, 1.807) is 90.6 Å². The van der Waals surface area contributed by atoms with Gasteiger partial charge in [-0.05, 0) is 289 Å². The van der Waals surface area contributed by atoms with Crippen molar-refractivity contribution in [3.8, 4) is 5.75 Å². The molecule has 4 aromatic carbocycles. The van der Waals surface area contributed by atoms with Crippen molar-refractivity contribution >= 4 is 47.0 Å². The minimum Gasteiger partial charge on any atom is -0.495 e. The lowest BCUT2D eigenvalue weighted by Gasteiger charge is -2.27. The highest BCUT2D eigenvalue weighted by atomic mass is 35.5. The maximum atomic E-state index is 13.2. The van der Waals surface area contributed by atoms with Crippen LogP contribution in [0.2, 0.25) is 5.02 Å². The average molecular weight is 2030 g/mol. The number of nitrogens with zero attached hydrogens (tertiary/aromatic N) is 6. The fourth-order valence-corrected chi connectivity index (χ4v) is 18.0. The van der Waals surface area contributed by atoms with E-state index in [0.717, 1.165) is 143 Å². The Labute approximate surface area is 867 Å². The Morgan fingerprint density at radius 3 is 1.01 bits per heavy atom. The number of pyridine rings is 6. The number of carbonyl (C=O) groups is 6. The molecule has 10 aromatic rings. The minimum absolute atomic E-state index is 0.00405. The molecular formula is C117H161ClF2N12O14. The van der Waals surface area contributed by atoms with Crippen molar-refractivity contribution in [3.63, 3.8) is 0 Å². The van der Waals surface area contributed by atoms with Gasteiger partial charge in [-0.25, -0.2) is 8.78 Å². The predicted octanol–water partition coefficient (Wildman–Crippen LogP) is 20.2. The molecule has 6 N–H and O–H groups in total. The Balaban J connectivity index is 0.000000268. The third kappa shape index (κ3) is 35.3. The number of benzene rings is 4. The van der Waals surface area contributed by atoms with Crippen LogP contribution >= 0.6 is 11.6 Å². The van der Waals surface area contributed by atoms with Crippen molar-refractivity contribution in [1.29, 1.82) is 0 Å². The minimum atomic E-state index is -0.382. The molecule has 0 atom stereocenters. The van der Waals surface area contributed by atoms with Crippen molar-refractivity contribution < 1.29 is 47.0 Å². The summed E-state index contributed by atoms with van der Waals surface area (Å²) >= 11 is 5.92. The number of nitrogens with one attached hydrogen (secondary N) is 6. The summed E-state index contributed by atoms with van der Waals surface area (Å²) in [4.78, 5) is 152. The molecule has 1 saturated carbocycles. The smallest absolute Gasteiger partial charge is 0.263 e. The van der Waals surface area contributed by atoms with Crippen LogP contribution < -0.4 is 70.0 Å². The largest absolute Gasteiger partial charge is 0.495 e. The molecule has 0 radical (unpaired) electrons. The lowest BCUT2D eigenvalue weighted by atomic mass is 9.88. The molecule has 29 heteroatoms. The summed E-state index contributed by atoms with van der Waals surface area (Å²) in [5, 5.41) is 17.5. The van der Waals surface area contributed by atoms with Crippen LogP contribution in [0.25, 0.3) is 0 Å². The highest BCUT2D eigenvalue weighted by Gasteiger charge is 2.29. The number of aryl methyl sites for hydroxylation is 5. The first-order valence-electron chi connectivity index (χ1n) is 51.9. The van der Waals surface area contributed by atoms with Gasteiger partial charge in [-0.1, -0.05) is 187 Å². The zero-order valence-electron chi connectivity index (χ0n) is 91.4. The molecular weight excluding hydrogens is 1870 g/mol. The number of methoxy groups -OCH3 is 2. The second kappa shape index (κ2) is 59.8. The van der Waals surface area contributed by atoms with E-state index < -0.39 is 0 Å². The van der Waals surface area contributed by atoms with Gasteiger partial charge in [-0.15, -0.1) is 0 Å². The molecule has 1 aliphatic carbocycles. The van der Waals surface area contributed by atoms with E-state index in [0.29, 0.717) is 60.7 Å². The summed E-state index contributed by atoms with van der Waals surface area (Å²) in [7, 11) is 3.08. The number of ether oxygens (including phenoxy) is 2. The molecule has 0 saturated heterocycles. The fraction of sp³-hybridized carbons (Fsp3) is 0.487. The zero-order valence-corrected chi connectivity index (χ0v) is 92.1. The van der Waals surface area contributed by atoms with E-state index in [1.165, 1.54) is 69.5 Å². The molecule has 0 spiro atoms. The fourth-order valence-electron chi connectivity index (χ4n) is 17.9. The number of hydrogen-bond acceptors (Lipinski definition) is 14. The van der Waals surface area contributed by atoms with Gasteiger partial charge in [0.2, 0.25) is 0 Å². The highest BCUT2D eigenvalue weighted by Crippen LogP contribution is 2.30. The van der Waals surface area contributed by atoms with Crippen molar-refractivity contribution in [2.45, 2.75) is 357 Å². The van der Waals surface area contributed by atoms with E-state index in [-0.39, 0.29) is 163 Å². The van der Waals surface area contributed by atoms with Crippen molar-refractivity contribution in [2.75, 3.05) is 14.2 Å². The summed E-state index contributed by atoms with van der Waals surface area (Å²) in [5.74, 6) is -1.16. The molecule has 6 amide bonds. The topological polar surface area (TPSA) is 325 Å². The van der Waals surface area contributed by atoms with Gasteiger partial charge in [-0.3, -0.25) is 57.5 Å². The first-order chi connectivity index (χ1) is 69.2. The van der Waals surface area contributed by atoms with Gasteiger partial charge in [-0.2, -0.15) is 0 Å². The van der Waals surface area contributed by atoms with Crippen molar-refractivity contribution in [3.05, 3.63) is 336 Å². The number of carbonyl (C=O) groups excluding carboxylic acids is 6. The Morgan fingerprint density at radius 2 is 0.678 bits per heavy atom. The molecule has 0 unspecified atom stereocenters. The van der Waals surface area contributed by atoms with Gasteiger partial charge >= 0.3 is 0 Å². The highest BCUT2D eigenvalue weighted by molar-refractivity contribution is 6.30. The van der Waals surface area contributed by atoms with Crippen LogP contribution in [0.1, 0.15) is 369 Å². The van der Waals surface area contributed by atoms with E-state index in [9.17, 15) is 66.3 Å². The monoisotopic (exact) mass is 2030 g/mol. The molecule has 6 aromatic heterocycles. The number of aromatic nitrogens is 6. The third-order valence-corrected chi connectivity index (χ3v) is 24.9. The number of amides is 6. The van der Waals surface area contributed by atoms with Crippen LogP contribution in [0.3, 0.4) is 0 Å². The standard InChI is InChI=1S/2C21H27FN2O2.C21H34N2O2.C19H23ClN2O2.C19H24N2O2.C16H26N2O4/c1-6-16-11-18(20(25)23-14(4)5)21(26)24(19(16)13(2)3)12-15-7-9-17(22)10-8-15;1-5-7-19-16(6-2)12-18(20(25)23-14(3)4)21(26)24(19)13-15-8-10-17(22)11-9-15;1-6-17-12-18(20(24)22-15(4)5)21(25)23(19(17)14(2)3)13-16-10-8-7-9-11-16;1-5-17-13(4)10-16(18(23)21-12(2)3)19(24)22(17)11-14-6-8-15(20)9-7-14;1-5-17-14(4)11-16(18(22)20-13(2)3)19(23)21(17)12-15-9-7-6-8-10-15;1-6-7-8-18-13(10-21-4)14(22-5)9-12(16(18)20)15(19)17-11(2)3/h7-11,13-14H,6,12H2,1-5H3,(H,23,25);8-12,14H,5-7,13H2,1-4H3,(H,23,25);12,14-16H,6-11,13H2,1-5H3,(H,22,24);6-10,12H,5,11H2,1-4H3,(H,21,23);6-11,13H,5,12H2,1-4H3,(H,20,22);9,11H,6-8,10H2,1-5H3,(H,17,19). The van der Waals surface area contributed by atoms with Crippen LogP contribution in [0, 0.1) is 31.4 Å². The molecule has 0 aliphatic heterocycles. The average Bonchev–Trinajstić information content (AvgIpc) is 0.779. The lowest BCUT2D eigenvalue weighted by Crippen LogP contribution is -2.39. The summed E-state index contributed by atoms with van der Waals surface area (Å²) in [6.07, 6.45) is 13.4. The summed E-state index contributed by atoms with van der Waals surface area (Å²) in [6, 6.07) is 39.4. The Hall–Kier alpha value is -12.7. The lowest BCUT2D eigenvalue weighted by molar-refractivity contribution is 0.0931. The third-order valence-electron chi connectivity index (χ3n) is 24.6. The molecule has 794 valence electrons. The number of rotatable bonds is 37. The summed E-state index contributed by atoms with van der Waals surface area (Å²) in [6.45, 7) is 52.1. The first-order valence-corrected chi connectivity index (χ1v) is 52.2. The van der Waals surface area contributed by atoms with Crippen LogP contribution in [0.4, 0.5) is 8.78 Å². The molecule has 6 heterocycles. The van der Waals surface area contributed by atoms with Gasteiger partial charge in [0, 0.05) is 96.0 Å². The number of unbranched alkanes of at least 4 members (excludes halogenated alkanes) is 1. The van der Waals surface area contributed by atoms with E-state index in [1.807, 2.05) is 198 Å². The van der Waals surface area contributed by atoms with Crippen molar-refractivity contribution in [2.24, 2.45) is 5.92 Å². The second-order valence-electron chi connectivity index (χ2n) is 39.6. The number of hydrogen-bond donors (Lipinski definition) is 6. The van der Waals surface area contributed by atoms with E-state index in [4.69, 9.17) is 21.1 Å². The van der Waals surface area contributed by atoms with Gasteiger partial charge < -0.3 is 68.8 Å². The predicted molar refractivity (Wildman–Crippen MR) is 584 cm³/mol. The quantitative estimate of drug-likeness (QED) is 0.0211. The van der Waals surface area contributed by atoms with Gasteiger partial charge in [0.15, 0.2) is 0 Å². The molecule has 11 rings (SSSR count). The maximum absolute atomic E-state index is 13.2. The summed E-state index contributed by atoms with van der Waals surface area (Å²) in [5.41, 5.74) is 13.8. The SMILES string of the molecule is CCCCn1c(COC)c(OC)cc(C(=O)NC(C)C)c1=O.CCCc1c(CC)cc(C(=O)NC(C)C)c(=O)n1Cc1ccc(F)cc1.CCc1c(C)cc(C(=O)NC(C)C)c(=O)n1Cc1ccc(Cl)cc1.CCc1c(C)cc(C(=O)NC(C)C)c(=O)n1Cc1ccccc1.CCc1cc(C(=O)NC(C)C)c(=O)n(CC2CCCCC2)c1C(C)C.CCc1cc(C(=O)NC(C)C)c(=O)n(Cc2ccc(F)cc2)c1C(C)C. The normalized spacial score (nSPS) is 11.8. The first kappa shape index (κ1) is 122.